The molecule has 0 saturated carbocycles. The van der Waals surface area contributed by atoms with Crippen molar-refractivity contribution in [1.82, 2.24) is 14.5 Å². The summed E-state index contributed by atoms with van der Waals surface area (Å²) in [6.45, 7) is 4.55. The molecule has 1 fully saturated rings. The number of likely N-dealkylation sites (N-methyl/N-ethyl adjacent to an activating group) is 2. The monoisotopic (exact) mass is 393 g/mol. The molecular weight excluding hydrogens is 373 g/mol. The van der Waals surface area contributed by atoms with Crippen LogP contribution < -0.4 is 15.5 Å². The fourth-order valence-corrected chi connectivity index (χ4v) is 4.34. The number of aromatic nitrogens is 2. The van der Waals surface area contributed by atoms with Gasteiger partial charge in [-0.05, 0) is 20.9 Å². The van der Waals surface area contributed by atoms with Crippen LogP contribution in [0.5, 0.6) is 0 Å². The van der Waals surface area contributed by atoms with Crippen LogP contribution in [0, 0.1) is 12.7 Å². The second-order valence-electron chi connectivity index (χ2n) is 7.46. The van der Waals surface area contributed by atoms with Crippen molar-refractivity contribution in [2.45, 2.75) is 25.9 Å². The standard InChI is InChI=1S/C18H21ClFN5O2/c1-8-6-25-10(7-22(8)3)17(26)23(4)15-11-14(12(19)9(2)13(15)20)24(5)18(27)21-16(11)25/h8,10H,6-7H2,1-5H3. The van der Waals surface area contributed by atoms with Gasteiger partial charge in [0.25, 0.3) is 5.91 Å². The first-order valence-corrected chi connectivity index (χ1v) is 9.15. The van der Waals surface area contributed by atoms with Crippen LogP contribution in [0.3, 0.4) is 0 Å². The molecule has 7 nitrogen and oxygen atoms in total. The van der Waals surface area contributed by atoms with Gasteiger partial charge in [-0.1, -0.05) is 11.6 Å². The molecule has 2 atom stereocenters. The molecule has 2 aliphatic rings. The van der Waals surface area contributed by atoms with Crippen molar-refractivity contribution in [1.29, 1.82) is 0 Å². The summed E-state index contributed by atoms with van der Waals surface area (Å²) in [6, 6.07) is -0.405. The number of hydrogen-bond acceptors (Lipinski definition) is 5. The quantitative estimate of drug-likeness (QED) is 0.679. The summed E-state index contributed by atoms with van der Waals surface area (Å²) < 4.78 is 16.6. The van der Waals surface area contributed by atoms with Crippen LogP contribution >= 0.6 is 11.6 Å². The number of carbonyl (C=O) groups excluding carboxylic acids is 1. The third-order valence-electron chi connectivity index (χ3n) is 5.87. The second kappa shape index (κ2) is 5.90. The molecule has 1 aromatic carbocycles. The number of fused-ring (bicyclic) bond motifs is 2. The molecule has 0 aliphatic carbocycles. The number of piperazine rings is 1. The number of rotatable bonds is 0. The Balaban J connectivity index is 2.18. The summed E-state index contributed by atoms with van der Waals surface area (Å²) >= 11 is 6.44. The highest BCUT2D eigenvalue weighted by Crippen LogP contribution is 2.44. The smallest absolute Gasteiger partial charge is 0.341 e. The van der Waals surface area contributed by atoms with Gasteiger partial charge in [0.1, 0.15) is 11.9 Å². The lowest BCUT2D eigenvalue weighted by molar-refractivity contribution is -0.120. The van der Waals surface area contributed by atoms with Crippen LogP contribution in [0.2, 0.25) is 5.02 Å². The Morgan fingerprint density at radius 3 is 2.52 bits per heavy atom. The highest BCUT2D eigenvalue weighted by molar-refractivity contribution is 6.37. The van der Waals surface area contributed by atoms with Crippen molar-refractivity contribution in [2.75, 3.05) is 37.0 Å². The molecule has 3 heterocycles. The molecule has 0 spiro atoms. The first-order chi connectivity index (χ1) is 12.6. The van der Waals surface area contributed by atoms with Gasteiger partial charge in [-0.25, -0.2) is 9.18 Å². The van der Waals surface area contributed by atoms with Gasteiger partial charge in [0.15, 0.2) is 5.82 Å². The molecule has 27 heavy (non-hydrogen) atoms. The summed E-state index contributed by atoms with van der Waals surface area (Å²) in [5.41, 5.74) is 0.238. The maximum Gasteiger partial charge on any atom is 0.349 e. The average Bonchev–Trinajstić information content (AvgIpc) is 2.70. The van der Waals surface area contributed by atoms with Gasteiger partial charge in [-0.3, -0.25) is 14.3 Å². The van der Waals surface area contributed by atoms with Crippen molar-refractivity contribution in [3.05, 3.63) is 26.9 Å². The molecule has 2 aliphatic heterocycles. The Morgan fingerprint density at radius 2 is 1.85 bits per heavy atom. The summed E-state index contributed by atoms with van der Waals surface area (Å²) in [7, 11) is 5.06. The van der Waals surface area contributed by atoms with Crippen LogP contribution in [-0.4, -0.2) is 59.6 Å². The highest BCUT2D eigenvalue weighted by atomic mass is 35.5. The number of anilines is 2. The van der Waals surface area contributed by atoms with Crippen molar-refractivity contribution in [3.63, 3.8) is 0 Å². The van der Waals surface area contributed by atoms with Crippen LogP contribution in [0.25, 0.3) is 10.9 Å². The average molecular weight is 394 g/mol. The molecule has 0 N–H and O–H groups in total. The number of halogens is 2. The molecule has 144 valence electrons. The number of carbonyl (C=O) groups is 1. The SMILES string of the molecule is Cc1c(F)c2c3c(nc(=O)n(C)c3c1Cl)N1CC(C)N(C)CC1C(=O)N2C. The minimum atomic E-state index is -0.564. The first-order valence-electron chi connectivity index (χ1n) is 8.77. The molecule has 2 unspecified atom stereocenters. The Hall–Kier alpha value is -2.19. The summed E-state index contributed by atoms with van der Waals surface area (Å²) in [5.74, 6) is -0.471. The van der Waals surface area contributed by atoms with Crippen LogP contribution in [-0.2, 0) is 11.8 Å². The lowest BCUT2D eigenvalue weighted by atomic mass is 10.1. The van der Waals surface area contributed by atoms with E-state index in [0.717, 1.165) is 0 Å². The lowest BCUT2D eigenvalue weighted by Crippen LogP contribution is -2.61. The third kappa shape index (κ3) is 2.32. The summed E-state index contributed by atoms with van der Waals surface area (Å²) in [5, 5.41) is 0.566. The Kier molecular flexibility index (Phi) is 3.98. The molecular formula is C18H21ClFN5O2. The minimum Gasteiger partial charge on any atom is -0.341 e. The number of amides is 1. The van der Waals surface area contributed by atoms with Gasteiger partial charge >= 0.3 is 5.69 Å². The Bertz CT molecular complexity index is 1050. The van der Waals surface area contributed by atoms with Crippen LogP contribution in [0.15, 0.2) is 4.79 Å². The predicted octanol–water partition coefficient (Wildman–Crippen LogP) is 1.52. The Labute approximate surface area is 160 Å². The highest BCUT2D eigenvalue weighted by Gasteiger charge is 2.42. The Morgan fingerprint density at radius 1 is 1.19 bits per heavy atom. The maximum atomic E-state index is 15.3. The van der Waals surface area contributed by atoms with E-state index in [1.165, 1.54) is 9.47 Å². The molecule has 4 rings (SSSR count). The van der Waals surface area contributed by atoms with Crippen molar-refractivity contribution in [2.24, 2.45) is 7.05 Å². The van der Waals surface area contributed by atoms with Crippen molar-refractivity contribution in [3.8, 4) is 0 Å². The zero-order valence-electron chi connectivity index (χ0n) is 15.9. The lowest BCUT2D eigenvalue weighted by Gasteiger charge is -2.43. The van der Waals surface area contributed by atoms with Crippen molar-refractivity contribution < 1.29 is 9.18 Å². The summed E-state index contributed by atoms with van der Waals surface area (Å²) in [6.07, 6.45) is 0. The van der Waals surface area contributed by atoms with E-state index in [1.54, 1.807) is 21.0 Å². The molecule has 0 radical (unpaired) electrons. The second-order valence-corrected chi connectivity index (χ2v) is 7.83. The van der Waals surface area contributed by atoms with Gasteiger partial charge in [-0.2, -0.15) is 4.98 Å². The predicted molar refractivity (Wildman–Crippen MR) is 103 cm³/mol. The molecule has 2 aromatic rings. The number of nitrogens with zero attached hydrogens (tertiary/aromatic N) is 5. The van der Waals surface area contributed by atoms with Gasteiger partial charge in [0.05, 0.1) is 21.6 Å². The van der Waals surface area contributed by atoms with Crippen LogP contribution in [0.4, 0.5) is 15.9 Å². The minimum absolute atomic E-state index is 0.125. The largest absolute Gasteiger partial charge is 0.349 e. The third-order valence-corrected chi connectivity index (χ3v) is 6.33. The fourth-order valence-electron chi connectivity index (χ4n) is 4.03. The van der Waals surface area contributed by atoms with E-state index in [-0.39, 0.29) is 28.2 Å². The van der Waals surface area contributed by atoms with Crippen molar-refractivity contribution >= 4 is 39.9 Å². The van der Waals surface area contributed by atoms with E-state index in [2.05, 4.69) is 9.88 Å². The van der Waals surface area contributed by atoms with E-state index < -0.39 is 17.5 Å². The van der Waals surface area contributed by atoms with Gasteiger partial charge < -0.3 is 9.80 Å². The van der Waals surface area contributed by atoms with Crippen LogP contribution in [0.1, 0.15) is 12.5 Å². The zero-order chi connectivity index (χ0) is 19.8. The van der Waals surface area contributed by atoms with E-state index in [0.29, 0.717) is 29.8 Å². The van der Waals surface area contributed by atoms with E-state index in [1.807, 2.05) is 18.9 Å². The maximum absolute atomic E-state index is 15.3. The molecule has 1 saturated heterocycles. The molecule has 9 heteroatoms. The number of benzene rings is 1. The van der Waals surface area contributed by atoms with Gasteiger partial charge in [-0.15, -0.1) is 0 Å². The van der Waals surface area contributed by atoms with Gasteiger partial charge in [0.2, 0.25) is 0 Å². The topological polar surface area (TPSA) is 61.7 Å². The number of hydrogen-bond donors (Lipinski definition) is 0. The van der Waals surface area contributed by atoms with E-state index >= 15 is 4.39 Å². The first kappa shape index (κ1) is 18.2. The zero-order valence-corrected chi connectivity index (χ0v) is 16.6. The normalized spacial score (nSPS) is 23.0. The molecule has 1 aromatic heterocycles. The van der Waals surface area contributed by atoms with E-state index in [9.17, 15) is 9.59 Å². The van der Waals surface area contributed by atoms with Gasteiger partial charge in [0, 0.05) is 38.8 Å². The molecule has 1 amide bonds. The number of aryl methyl sites for hydroxylation is 1. The fraction of sp³-hybridized carbons (Fsp3) is 0.500. The van der Waals surface area contributed by atoms with E-state index in [4.69, 9.17) is 11.6 Å². The summed E-state index contributed by atoms with van der Waals surface area (Å²) in [4.78, 5) is 35.2. The molecule has 0 bridgehead atoms.